The Labute approximate surface area is 118 Å². The van der Waals surface area contributed by atoms with Crippen molar-refractivity contribution in [2.24, 2.45) is 5.73 Å². The average Bonchev–Trinajstić information content (AvgIpc) is 3.10. The summed E-state index contributed by atoms with van der Waals surface area (Å²) in [5.74, 6) is 1.41. The van der Waals surface area contributed by atoms with Gasteiger partial charge in [0, 0.05) is 11.5 Å². The first-order chi connectivity index (χ1) is 8.42. The normalized spacial score (nSPS) is 18.8. The van der Waals surface area contributed by atoms with Crippen molar-refractivity contribution in [2.45, 2.75) is 51.0 Å². The minimum atomic E-state index is 0.150. The van der Waals surface area contributed by atoms with Crippen LogP contribution in [0.15, 0.2) is 16.6 Å². The van der Waals surface area contributed by atoms with Crippen LogP contribution in [-0.2, 0) is 5.41 Å². The SMILES string of the molecule is COc1cc(C(C)C)cc(C2(C(C)N)CC2)c1Br. The lowest BCUT2D eigenvalue weighted by Crippen LogP contribution is -2.32. The maximum atomic E-state index is 6.19. The smallest absolute Gasteiger partial charge is 0.133 e. The van der Waals surface area contributed by atoms with E-state index in [2.05, 4.69) is 48.8 Å². The van der Waals surface area contributed by atoms with Crippen molar-refractivity contribution in [1.29, 1.82) is 0 Å². The van der Waals surface area contributed by atoms with E-state index in [1.54, 1.807) is 7.11 Å². The van der Waals surface area contributed by atoms with Crippen LogP contribution in [0.4, 0.5) is 0 Å². The van der Waals surface area contributed by atoms with Gasteiger partial charge in [0.1, 0.15) is 5.75 Å². The van der Waals surface area contributed by atoms with Gasteiger partial charge in [-0.1, -0.05) is 19.9 Å². The van der Waals surface area contributed by atoms with Crippen LogP contribution in [0.5, 0.6) is 5.75 Å². The number of methoxy groups -OCH3 is 1. The summed E-state index contributed by atoms with van der Waals surface area (Å²) in [6, 6.07) is 4.60. The van der Waals surface area contributed by atoms with Crippen LogP contribution in [-0.4, -0.2) is 13.2 Å². The van der Waals surface area contributed by atoms with Gasteiger partial charge in [-0.15, -0.1) is 0 Å². The highest BCUT2D eigenvalue weighted by molar-refractivity contribution is 9.10. The van der Waals surface area contributed by atoms with Crippen LogP contribution >= 0.6 is 15.9 Å². The quantitative estimate of drug-likeness (QED) is 0.913. The summed E-state index contributed by atoms with van der Waals surface area (Å²) in [6.07, 6.45) is 2.35. The minimum Gasteiger partial charge on any atom is -0.496 e. The summed E-state index contributed by atoms with van der Waals surface area (Å²) in [5, 5.41) is 0. The molecule has 0 bridgehead atoms. The first kappa shape index (κ1) is 13.9. The summed E-state index contributed by atoms with van der Waals surface area (Å²) < 4.78 is 6.56. The number of rotatable bonds is 4. The molecule has 1 saturated carbocycles. The second-order valence-electron chi connectivity index (χ2n) is 5.68. The Morgan fingerprint density at radius 1 is 1.28 bits per heavy atom. The molecule has 0 aromatic heterocycles. The first-order valence-corrected chi connectivity index (χ1v) is 7.35. The lowest BCUT2D eigenvalue weighted by Gasteiger charge is -2.24. The molecule has 1 atom stereocenters. The zero-order chi connectivity index (χ0) is 13.5. The van der Waals surface area contributed by atoms with Gasteiger partial charge in [0.15, 0.2) is 0 Å². The van der Waals surface area contributed by atoms with Gasteiger partial charge in [-0.3, -0.25) is 0 Å². The Balaban J connectivity index is 2.56. The molecule has 0 saturated heterocycles. The number of halogens is 1. The molecule has 0 radical (unpaired) electrons. The molecule has 1 aliphatic rings. The molecule has 1 unspecified atom stereocenters. The molecule has 3 heteroatoms. The summed E-state index contributed by atoms with van der Waals surface area (Å²) in [7, 11) is 1.72. The molecule has 2 nitrogen and oxygen atoms in total. The van der Waals surface area contributed by atoms with Crippen LogP contribution in [0.3, 0.4) is 0 Å². The fraction of sp³-hybridized carbons (Fsp3) is 0.600. The Kier molecular flexibility index (Phi) is 3.75. The predicted octanol–water partition coefficient (Wildman–Crippen LogP) is 3.96. The van der Waals surface area contributed by atoms with Crippen molar-refractivity contribution >= 4 is 15.9 Å². The molecule has 1 aromatic carbocycles. The number of hydrogen-bond acceptors (Lipinski definition) is 2. The summed E-state index contributed by atoms with van der Waals surface area (Å²) >= 11 is 3.69. The van der Waals surface area contributed by atoms with E-state index in [9.17, 15) is 0 Å². The van der Waals surface area contributed by atoms with Gasteiger partial charge < -0.3 is 10.5 Å². The van der Waals surface area contributed by atoms with Crippen LogP contribution in [0.2, 0.25) is 0 Å². The lowest BCUT2D eigenvalue weighted by atomic mass is 9.86. The molecule has 1 aliphatic carbocycles. The highest BCUT2D eigenvalue weighted by atomic mass is 79.9. The largest absolute Gasteiger partial charge is 0.496 e. The fourth-order valence-electron chi connectivity index (χ4n) is 2.57. The third-order valence-electron chi connectivity index (χ3n) is 4.14. The van der Waals surface area contributed by atoms with E-state index >= 15 is 0 Å². The molecule has 1 fully saturated rings. The van der Waals surface area contributed by atoms with E-state index in [1.165, 1.54) is 24.0 Å². The Morgan fingerprint density at radius 2 is 1.89 bits per heavy atom. The summed E-state index contributed by atoms with van der Waals surface area (Å²) in [4.78, 5) is 0. The molecule has 0 aliphatic heterocycles. The molecule has 2 N–H and O–H groups in total. The number of benzene rings is 1. The predicted molar refractivity (Wildman–Crippen MR) is 79.3 cm³/mol. The highest BCUT2D eigenvalue weighted by Crippen LogP contribution is 2.54. The van der Waals surface area contributed by atoms with Gasteiger partial charge in [-0.25, -0.2) is 0 Å². The average molecular weight is 312 g/mol. The van der Waals surface area contributed by atoms with E-state index in [1.807, 2.05) is 0 Å². The Morgan fingerprint density at radius 3 is 2.28 bits per heavy atom. The van der Waals surface area contributed by atoms with Crippen LogP contribution < -0.4 is 10.5 Å². The zero-order valence-electron chi connectivity index (χ0n) is 11.6. The third-order valence-corrected chi connectivity index (χ3v) is 4.96. The molecule has 0 heterocycles. The van der Waals surface area contributed by atoms with Crippen molar-refractivity contribution < 1.29 is 4.74 Å². The van der Waals surface area contributed by atoms with Crippen molar-refractivity contribution in [2.75, 3.05) is 7.11 Å². The van der Waals surface area contributed by atoms with Crippen molar-refractivity contribution in [3.8, 4) is 5.75 Å². The standard InChI is InChI=1S/C15H22BrNO/c1-9(2)11-7-12(14(16)13(8-11)18-4)15(5-6-15)10(3)17/h7-10H,5-6,17H2,1-4H3. The molecule has 1 aromatic rings. The van der Waals surface area contributed by atoms with Gasteiger partial charge >= 0.3 is 0 Å². The van der Waals surface area contributed by atoms with E-state index in [4.69, 9.17) is 10.5 Å². The van der Waals surface area contributed by atoms with E-state index < -0.39 is 0 Å². The monoisotopic (exact) mass is 311 g/mol. The van der Waals surface area contributed by atoms with E-state index in [0.717, 1.165) is 10.2 Å². The molecular weight excluding hydrogens is 290 g/mol. The van der Waals surface area contributed by atoms with Crippen molar-refractivity contribution in [1.82, 2.24) is 0 Å². The molecule has 18 heavy (non-hydrogen) atoms. The number of ether oxygens (including phenoxy) is 1. The molecule has 0 spiro atoms. The van der Waals surface area contributed by atoms with Gasteiger partial charge in [-0.05, 0) is 58.8 Å². The molecule has 0 amide bonds. The second kappa shape index (κ2) is 4.86. The summed E-state index contributed by atoms with van der Waals surface area (Å²) in [6.45, 7) is 6.52. The van der Waals surface area contributed by atoms with Crippen molar-refractivity contribution in [3.63, 3.8) is 0 Å². The second-order valence-corrected chi connectivity index (χ2v) is 6.48. The zero-order valence-corrected chi connectivity index (χ0v) is 13.2. The molecular formula is C15H22BrNO. The van der Waals surface area contributed by atoms with E-state index in [-0.39, 0.29) is 11.5 Å². The maximum Gasteiger partial charge on any atom is 0.133 e. The van der Waals surface area contributed by atoms with Crippen molar-refractivity contribution in [3.05, 3.63) is 27.7 Å². The van der Waals surface area contributed by atoms with Crippen LogP contribution in [0, 0.1) is 0 Å². The number of nitrogens with two attached hydrogens (primary N) is 1. The first-order valence-electron chi connectivity index (χ1n) is 6.56. The fourth-order valence-corrected chi connectivity index (χ4v) is 3.35. The molecule has 2 rings (SSSR count). The van der Waals surface area contributed by atoms with Gasteiger partial charge in [0.25, 0.3) is 0 Å². The highest BCUT2D eigenvalue weighted by Gasteiger charge is 2.49. The van der Waals surface area contributed by atoms with Crippen LogP contribution in [0.25, 0.3) is 0 Å². The Bertz CT molecular complexity index is 450. The van der Waals surface area contributed by atoms with Gasteiger partial charge in [0.2, 0.25) is 0 Å². The maximum absolute atomic E-state index is 6.19. The topological polar surface area (TPSA) is 35.2 Å². The third kappa shape index (κ3) is 2.19. The lowest BCUT2D eigenvalue weighted by molar-refractivity contribution is 0.409. The minimum absolute atomic E-state index is 0.150. The van der Waals surface area contributed by atoms with Gasteiger partial charge in [-0.2, -0.15) is 0 Å². The van der Waals surface area contributed by atoms with Crippen LogP contribution in [0.1, 0.15) is 50.7 Å². The number of hydrogen-bond donors (Lipinski definition) is 1. The van der Waals surface area contributed by atoms with E-state index in [0.29, 0.717) is 5.92 Å². The Hall–Kier alpha value is -0.540. The van der Waals surface area contributed by atoms with Gasteiger partial charge in [0.05, 0.1) is 11.6 Å². The molecule has 100 valence electrons. The summed E-state index contributed by atoms with van der Waals surface area (Å²) in [5.41, 5.74) is 8.98.